The van der Waals surface area contributed by atoms with Crippen molar-refractivity contribution in [2.45, 2.75) is 99.8 Å². The zero-order valence-corrected chi connectivity index (χ0v) is 31.5. The van der Waals surface area contributed by atoms with Crippen molar-refractivity contribution in [3.05, 3.63) is 71.8 Å². The molecule has 1 heterocycles. The van der Waals surface area contributed by atoms with Crippen LogP contribution in [-0.2, 0) is 9.57 Å². The first-order valence-corrected chi connectivity index (χ1v) is 20.1. The molecule has 9 nitrogen and oxygen atoms in total. The summed E-state index contributed by atoms with van der Waals surface area (Å²) in [7, 11) is 1.54. The molecule has 2 aromatic rings. The summed E-state index contributed by atoms with van der Waals surface area (Å²) in [5.41, 5.74) is 3.56. The molecular formula is C42H55NO8S. The van der Waals surface area contributed by atoms with Gasteiger partial charge in [-0.1, -0.05) is 43.0 Å². The van der Waals surface area contributed by atoms with Crippen molar-refractivity contribution >= 4 is 23.8 Å². The molecule has 0 bridgehead atoms. The highest BCUT2D eigenvalue weighted by molar-refractivity contribution is 8.00. The zero-order chi connectivity index (χ0) is 36.5. The van der Waals surface area contributed by atoms with E-state index in [-0.39, 0.29) is 42.1 Å². The molecule has 0 saturated heterocycles. The second-order valence-corrected chi connectivity index (χ2v) is 15.8. The molecule has 6 rings (SSSR count). The number of aldehydes is 1. The summed E-state index contributed by atoms with van der Waals surface area (Å²) in [5.74, 6) is 1.68. The molecular weight excluding hydrogens is 679 g/mol. The number of methoxy groups -OCH3 is 1. The maximum absolute atomic E-state index is 11.8. The number of aliphatic hydroxyl groups is 2. The lowest BCUT2D eigenvalue weighted by molar-refractivity contribution is -0.223. The number of hydrogen-bond acceptors (Lipinski definition) is 10. The lowest BCUT2D eigenvalue weighted by Crippen LogP contribution is -2.64. The van der Waals surface area contributed by atoms with Crippen LogP contribution in [0.15, 0.2) is 65.9 Å². The van der Waals surface area contributed by atoms with E-state index in [1.807, 2.05) is 36.9 Å². The van der Waals surface area contributed by atoms with Crippen LogP contribution in [0.1, 0.15) is 99.4 Å². The molecule has 6 atom stereocenters. The number of unbranched alkanes of at least 4 members (excludes halogenated alkanes) is 2. The molecule has 52 heavy (non-hydrogen) atoms. The van der Waals surface area contributed by atoms with Crippen LogP contribution in [0.25, 0.3) is 0 Å². The average molecular weight is 734 g/mol. The van der Waals surface area contributed by atoms with Gasteiger partial charge in [0.1, 0.15) is 29.6 Å². The van der Waals surface area contributed by atoms with E-state index in [9.17, 15) is 15.0 Å². The number of fused-ring (bicyclic) bond motifs is 2. The Labute approximate surface area is 312 Å². The van der Waals surface area contributed by atoms with Crippen molar-refractivity contribution in [1.29, 1.82) is 0 Å². The molecule has 0 unspecified atom stereocenters. The minimum Gasteiger partial charge on any atom is -0.496 e. The Morgan fingerprint density at radius 3 is 2.50 bits per heavy atom. The number of ether oxygens (including phenoxy) is 4. The topological polar surface area (TPSA) is 116 Å². The Morgan fingerprint density at radius 2 is 1.79 bits per heavy atom. The third-order valence-electron chi connectivity index (χ3n) is 11.1. The van der Waals surface area contributed by atoms with Gasteiger partial charge in [0.15, 0.2) is 6.29 Å². The van der Waals surface area contributed by atoms with Gasteiger partial charge in [0.2, 0.25) is 5.79 Å². The number of rotatable bonds is 19. The van der Waals surface area contributed by atoms with Gasteiger partial charge in [-0.25, -0.2) is 0 Å². The third-order valence-corrected chi connectivity index (χ3v) is 12.8. The van der Waals surface area contributed by atoms with Gasteiger partial charge in [0.25, 0.3) is 0 Å². The number of carbonyl (C=O) groups is 1. The molecule has 4 aliphatic rings. The standard InChI is InChI=1S/C42H55NO8S/c1-4-22-48-42-39(52-32-13-6-7-14-32)26-36(43-49-5-2)34-24-28(12-8-10-20-44)33(15-9-11-21-45)40(41(34)42)35-25-31(17-19-38(35)51-42)50-30-16-18-37(47-3)29(23-30)27-46/h4,16-19,23-25,27-28,32-33,39-41,44-45H,1,5-15,20-22,26H2,2-3H3/t28-,33+,39-,40+,41+,42+/m0/s1. The largest absolute Gasteiger partial charge is 0.496 e. The Morgan fingerprint density at radius 1 is 1.04 bits per heavy atom. The summed E-state index contributed by atoms with van der Waals surface area (Å²) in [6, 6.07) is 11.3. The average Bonchev–Trinajstić information content (AvgIpc) is 3.68. The number of aliphatic hydroxyl groups excluding tert-OH is 2. The number of benzene rings is 2. The highest BCUT2D eigenvalue weighted by atomic mass is 32.2. The summed E-state index contributed by atoms with van der Waals surface area (Å²) >= 11 is 1.99. The van der Waals surface area contributed by atoms with Crippen LogP contribution in [-0.4, -0.2) is 72.0 Å². The molecule has 2 saturated carbocycles. The van der Waals surface area contributed by atoms with Crippen LogP contribution < -0.4 is 14.2 Å². The van der Waals surface area contributed by atoms with Crippen LogP contribution in [0.4, 0.5) is 0 Å². The van der Waals surface area contributed by atoms with E-state index in [0.717, 1.165) is 67.4 Å². The highest BCUT2D eigenvalue weighted by Crippen LogP contribution is 2.63. The fourth-order valence-corrected chi connectivity index (χ4v) is 10.7. The summed E-state index contributed by atoms with van der Waals surface area (Å²) in [4.78, 5) is 17.6. The number of nitrogens with zero attached hydrogens (tertiary/aromatic N) is 1. The Bertz CT molecular complexity index is 1590. The van der Waals surface area contributed by atoms with Crippen molar-refractivity contribution in [2.75, 3.05) is 33.5 Å². The van der Waals surface area contributed by atoms with Gasteiger partial charge in [-0.15, -0.1) is 18.3 Å². The fourth-order valence-electron chi connectivity index (χ4n) is 8.91. The lowest BCUT2D eigenvalue weighted by atomic mass is 9.56. The summed E-state index contributed by atoms with van der Waals surface area (Å²) in [5, 5.41) is 24.9. The molecule has 2 aromatic carbocycles. The first-order chi connectivity index (χ1) is 25.5. The molecule has 2 N–H and O–H groups in total. The SMILES string of the molecule is C=CCO[C@@]12Oc3ccc(Oc4ccc(OC)c(C=O)c4)cc3[C@H]3[C@H](CCCCO)[C@@H](CCCCO)C=C(C(=NOCC)C[C@@H]1SC1CCCC1)[C@H]32. The molecule has 10 heteroatoms. The maximum atomic E-state index is 11.8. The number of carbonyl (C=O) groups excluding carboxylic acids is 1. The van der Waals surface area contributed by atoms with Gasteiger partial charge in [0, 0.05) is 36.4 Å². The third kappa shape index (κ3) is 8.10. The van der Waals surface area contributed by atoms with Gasteiger partial charge in [-0.05, 0) is 99.3 Å². The summed E-state index contributed by atoms with van der Waals surface area (Å²) < 4.78 is 26.1. The van der Waals surface area contributed by atoms with E-state index in [2.05, 4.69) is 18.7 Å². The number of hydrogen-bond donors (Lipinski definition) is 2. The molecule has 0 amide bonds. The van der Waals surface area contributed by atoms with Crippen LogP contribution in [0.5, 0.6) is 23.0 Å². The van der Waals surface area contributed by atoms with Crippen molar-refractivity contribution in [1.82, 2.24) is 0 Å². The first kappa shape index (κ1) is 38.4. The molecule has 0 aromatic heterocycles. The van der Waals surface area contributed by atoms with Gasteiger partial charge < -0.3 is 34.0 Å². The minimum absolute atomic E-state index is 0.0184. The highest BCUT2D eigenvalue weighted by Gasteiger charge is 2.64. The van der Waals surface area contributed by atoms with Crippen molar-refractivity contribution < 1.29 is 38.8 Å². The quantitative estimate of drug-likeness (QED) is 0.0634. The van der Waals surface area contributed by atoms with Crippen molar-refractivity contribution in [2.24, 2.45) is 22.9 Å². The van der Waals surface area contributed by atoms with E-state index in [0.29, 0.717) is 47.7 Å². The van der Waals surface area contributed by atoms with Crippen LogP contribution >= 0.6 is 11.8 Å². The van der Waals surface area contributed by atoms with Gasteiger partial charge in [-0.3, -0.25) is 4.79 Å². The zero-order valence-electron chi connectivity index (χ0n) is 30.7. The summed E-state index contributed by atoms with van der Waals surface area (Å²) in [6.07, 6.45) is 15.6. The van der Waals surface area contributed by atoms with E-state index in [1.165, 1.54) is 25.7 Å². The number of thioether (sulfide) groups is 1. The van der Waals surface area contributed by atoms with Crippen LogP contribution in [0.3, 0.4) is 0 Å². The van der Waals surface area contributed by atoms with Crippen molar-refractivity contribution in [3.63, 3.8) is 0 Å². The van der Waals surface area contributed by atoms with Gasteiger partial charge in [0.05, 0.1) is 36.2 Å². The normalized spacial score (nSPS) is 27.3. The smallest absolute Gasteiger partial charge is 0.230 e. The van der Waals surface area contributed by atoms with Crippen LogP contribution in [0, 0.1) is 17.8 Å². The number of allylic oxidation sites excluding steroid dienone is 1. The first-order valence-electron chi connectivity index (χ1n) is 19.2. The molecule has 282 valence electrons. The van der Waals surface area contributed by atoms with E-state index < -0.39 is 5.79 Å². The predicted octanol–water partition coefficient (Wildman–Crippen LogP) is 8.63. The molecule has 0 spiro atoms. The van der Waals surface area contributed by atoms with E-state index >= 15 is 0 Å². The fraction of sp³-hybridized carbons (Fsp3) is 0.571. The monoisotopic (exact) mass is 733 g/mol. The molecule has 0 radical (unpaired) electrons. The second kappa shape index (κ2) is 18.1. The molecule has 2 fully saturated rings. The van der Waals surface area contributed by atoms with Gasteiger partial charge in [-0.2, -0.15) is 0 Å². The lowest BCUT2D eigenvalue weighted by Gasteiger charge is -2.58. The van der Waals surface area contributed by atoms with E-state index in [1.54, 1.807) is 25.3 Å². The predicted molar refractivity (Wildman–Crippen MR) is 205 cm³/mol. The van der Waals surface area contributed by atoms with E-state index in [4.69, 9.17) is 28.9 Å². The Balaban J connectivity index is 1.52. The maximum Gasteiger partial charge on any atom is 0.230 e. The Kier molecular flexibility index (Phi) is 13.4. The van der Waals surface area contributed by atoms with Crippen molar-refractivity contribution in [3.8, 4) is 23.0 Å². The summed E-state index contributed by atoms with van der Waals surface area (Å²) in [6.45, 7) is 7.13. The molecule has 3 aliphatic carbocycles. The minimum atomic E-state index is -0.974. The second-order valence-electron chi connectivity index (χ2n) is 14.3. The van der Waals surface area contributed by atoms with Crippen LogP contribution in [0.2, 0.25) is 0 Å². The van der Waals surface area contributed by atoms with Gasteiger partial charge >= 0.3 is 0 Å². The Hall–Kier alpha value is -3.31. The number of oxime groups is 1. The molecule has 1 aliphatic heterocycles.